The highest BCUT2D eigenvalue weighted by atomic mass is 32.2. The molecular formula is C16H21FN2O3S. The second kappa shape index (κ2) is 6.80. The Labute approximate surface area is 136 Å². The van der Waals surface area contributed by atoms with Gasteiger partial charge in [-0.2, -0.15) is 4.31 Å². The van der Waals surface area contributed by atoms with Crippen molar-refractivity contribution >= 4 is 15.9 Å². The molecule has 1 amide bonds. The molecule has 1 aromatic rings. The summed E-state index contributed by atoms with van der Waals surface area (Å²) < 4.78 is 39.4. The van der Waals surface area contributed by atoms with Crippen LogP contribution >= 0.6 is 0 Å². The highest BCUT2D eigenvalue weighted by Crippen LogP contribution is 2.19. The third-order valence-corrected chi connectivity index (χ3v) is 5.80. The Morgan fingerprint density at radius 3 is 2.61 bits per heavy atom. The van der Waals surface area contributed by atoms with Crippen molar-refractivity contribution in [2.75, 3.05) is 26.7 Å². The summed E-state index contributed by atoms with van der Waals surface area (Å²) in [5.74, 6) is -0.757. The first-order valence-corrected chi connectivity index (χ1v) is 8.81. The molecule has 1 aliphatic rings. The minimum atomic E-state index is -3.75. The Morgan fingerprint density at radius 2 is 2.00 bits per heavy atom. The topological polar surface area (TPSA) is 57.7 Å². The molecule has 0 saturated carbocycles. The van der Waals surface area contributed by atoms with Gasteiger partial charge in [0, 0.05) is 13.6 Å². The van der Waals surface area contributed by atoms with Crippen LogP contribution in [0.2, 0.25) is 0 Å². The van der Waals surface area contributed by atoms with Crippen LogP contribution in [0.5, 0.6) is 0 Å². The zero-order valence-corrected chi connectivity index (χ0v) is 14.4. The van der Waals surface area contributed by atoms with Crippen LogP contribution in [0.3, 0.4) is 0 Å². The Bertz CT molecular complexity index is 744. The van der Waals surface area contributed by atoms with Crippen LogP contribution in [-0.4, -0.2) is 50.2 Å². The number of hydrogen-bond acceptors (Lipinski definition) is 3. The predicted octanol–water partition coefficient (Wildman–Crippen LogP) is 2.01. The number of nitrogens with zero attached hydrogens (tertiary/aromatic N) is 2. The molecule has 23 heavy (non-hydrogen) atoms. The second-order valence-electron chi connectivity index (χ2n) is 5.76. The van der Waals surface area contributed by atoms with Gasteiger partial charge in [-0.05, 0) is 49.6 Å². The van der Waals surface area contributed by atoms with Gasteiger partial charge in [0.1, 0.15) is 5.83 Å². The number of carbonyl (C=O) groups is 1. The first-order valence-electron chi connectivity index (χ1n) is 7.37. The summed E-state index contributed by atoms with van der Waals surface area (Å²) in [6, 6.07) is 4.86. The van der Waals surface area contributed by atoms with Gasteiger partial charge in [-0.15, -0.1) is 0 Å². The van der Waals surface area contributed by atoms with Crippen LogP contribution in [0.4, 0.5) is 4.39 Å². The molecule has 5 nitrogen and oxygen atoms in total. The maximum Gasteiger partial charge on any atom is 0.243 e. The van der Waals surface area contributed by atoms with E-state index in [0.717, 1.165) is 15.4 Å². The molecule has 0 saturated heterocycles. The van der Waals surface area contributed by atoms with Crippen molar-refractivity contribution in [1.29, 1.82) is 0 Å². The van der Waals surface area contributed by atoms with Crippen LogP contribution < -0.4 is 0 Å². The number of likely N-dealkylation sites (N-methyl/N-ethyl adjacent to an activating group) is 1. The molecule has 0 atom stereocenters. The van der Waals surface area contributed by atoms with Crippen LogP contribution in [0.15, 0.2) is 35.0 Å². The van der Waals surface area contributed by atoms with Gasteiger partial charge < -0.3 is 4.90 Å². The van der Waals surface area contributed by atoms with E-state index in [1.54, 1.807) is 12.1 Å². The quantitative estimate of drug-likeness (QED) is 0.842. The summed E-state index contributed by atoms with van der Waals surface area (Å²) in [5, 5.41) is 0. The number of amides is 1. The number of carbonyl (C=O) groups excluding carboxylic acids is 1. The van der Waals surface area contributed by atoms with Gasteiger partial charge in [-0.1, -0.05) is 6.07 Å². The van der Waals surface area contributed by atoms with Crippen molar-refractivity contribution in [3.8, 4) is 0 Å². The van der Waals surface area contributed by atoms with Gasteiger partial charge in [-0.3, -0.25) is 4.79 Å². The summed E-state index contributed by atoms with van der Waals surface area (Å²) in [6.45, 7) is 3.75. The second-order valence-corrected chi connectivity index (χ2v) is 7.81. The molecule has 0 spiro atoms. The summed E-state index contributed by atoms with van der Waals surface area (Å²) in [4.78, 5) is 13.7. The Morgan fingerprint density at radius 1 is 1.30 bits per heavy atom. The molecule has 0 bridgehead atoms. The summed E-state index contributed by atoms with van der Waals surface area (Å²) in [5.41, 5.74) is 1.87. The van der Waals surface area contributed by atoms with Crippen LogP contribution in [0.25, 0.3) is 0 Å². The Kier molecular flexibility index (Phi) is 5.21. The number of sulfonamides is 1. The maximum absolute atomic E-state index is 13.2. The maximum atomic E-state index is 13.2. The van der Waals surface area contributed by atoms with Crippen LogP contribution in [0, 0.1) is 13.8 Å². The zero-order valence-electron chi connectivity index (χ0n) is 13.5. The lowest BCUT2D eigenvalue weighted by atomic mass is 10.1. The molecule has 0 aliphatic carbocycles. The fourth-order valence-corrected chi connectivity index (χ4v) is 3.55. The highest BCUT2D eigenvalue weighted by Gasteiger charge is 2.26. The lowest BCUT2D eigenvalue weighted by Gasteiger charge is -2.26. The monoisotopic (exact) mass is 340 g/mol. The van der Waals surface area contributed by atoms with Crippen molar-refractivity contribution < 1.29 is 17.6 Å². The highest BCUT2D eigenvalue weighted by molar-refractivity contribution is 7.89. The molecule has 0 aromatic heterocycles. The van der Waals surface area contributed by atoms with Crippen LogP contribution in [0.1, 0.15) is 17.5 Å². The minimum absolute atomic E-state index is 0.0869. The largest absolute Gasteiger partial charge is 0.335 e. The molecule has 0 fully saturated rings. The average Bonchev–Trinajstić information content (AvgIpc) is 2.49. The minimum Gasteiger partial charge on any atom is -0.335 e. The molecule has 1 heterocycles. The van der Waals surface area contributed by atoms with Gasteiger partial charge in [0.05, 0.1) is 18.0 Å². The third-order valence-electron chi connectivity index (χ3n) is 4.00. The van der Waals surface area contributed by atoms with E-state index in [9.17, 15) is 17.6 Å². The number of benzene rings is 1. The van der Waals surface area contributed by atoms with E-state index in [1.165, 1.54) is 24.1 Å². The SMILES string of the molecule is Cc1ccc(S(=O)(=O)N(C)CC(=O)N2CCC=C(F)C2)cc1C. The smallest absolute Gasteiger partial charge is 0.243 e. The molecule has 0 unspecified atom stereocenters. The third kappa shape index (κ3) is 3.97. The van der Waals surface area contributed by atoms with Crippen molar-refractivity contribution in [2.24, 2.45) is 0 Å². The van der Waals surface area contributed by atoms with Gasteiger partial charge in [0.2, 0.25) is 15.9 Å². The molecule has 7 heteroatoms. The van der Waals surface area contributed by atoms with E-state index >= 15 is 0 Å². The lowest BCUT2D eigenvalue weighted by molar-refractivity contribution is -0.131. The molecule has 1 aliphatic heterocycles. The van der Waals surface area contributed by atoms with Crippen molar-refractivity contribution in [2.45, 2.75) is 25.2 Å². The van der Waals surface area contributed by atoms with Crippen molar-refractivity contribution in [1.82, 2.24) is 9.21 Å². The summed E-state index contributed by atoms with van der Waals surface area (Å²) >= 11 is 0. The predicted molar refractivity (Wildman–Crippen MR) is 86.1 cm³/mol. The molecule has 1 aromatic carbocycles. The van der Waals surface area contributed by atoms with Gasteiger partial charge in [-0.25, -0.2) is 12.8 Å². The van der Waals surface area contributed by atoms with E-state index < -0.39 is 15.9 Å². The van der Waals surface area contributed by atoms with Gasteiger partial charge >= 0.3 is 0 Å². The van der Waals surface area contributed by atoms with E-state index in [-0.39, 0.29) is 23.8 Å². The average molecular weight is 340 g/mol. The first kappa shape index (κ1) is 17.6. The number of halogens is 1. The van der Waals surface area contributed by atoms with E-state index in [0.29, 0.717) is 13.0 Å². The number of hydrogen-bond donors (Lipinski definition) is 0. The van der Waals surface area contributed by atoms with Gasteiger partial charge in [0.15, 0.2) is 0 Å². The Balaban J connectivity index is 2.12. The molecule has 0 N–H and O–H groups in total. The fourth-order valence-electron chi connectivity index (χ4n) is 2.35. The fraction of sp³-hybridized carbons (Fsp3) is 0.438. The van der Waals surface area contributed by atoms with Crippen molar-refractivity contribution in [3.63, 3.8) is 0 Å². The normalized spacial score (nSPS) is 15.7. The first-order chi connectivity index (χ1) is 10.7. The number of rotatable bonds is 4. The summed E-state index contributed by atoms with van der Waals surface area (Å²) in [6.07, 6.45) is 1.89. The molecule has 2 rings (SSSR count). The molecular weight excluding hydrogens is 319 g/mol. The molecule has 0 radical (unpaired) electrons. The summed E-state index contributed by atoms with van der Waals surface area (Å²) in [7, 11) is -2.39. The lowest BCUT2D eigenvalue weighted by Crippen LogP contribution is -2.43. The van der Waals surface area contributed by atoms with E-state index in [1.807, 2.05) is 13.8 Å². The Hall–Kier alpha value is -1.73. The molecule has 126 valence electrons. The van der Waals surface area contributed by atoms with Crippen molar-refractivity contribution in [3.05, 3.63) is 41.2 Å². The standard InChI is InChI=1S/C16H21FN2O3S/c1-12-6-7-15(9-13(12)2)23(21,22)18(3)11-16(20)19-8-4-5-14(17)10-19/h5-7,9H,4,8,10-11H2,1-3H3. The van der Waals surface area contributed by atoms with Gasteiger partial charge in [0.25, 0.3) is 0 Å². The zero-order chi connectivity index (χ0) is 17.2. The van der Waals surface area contributed by atoms with Crippen LogP contribution in [-0.2, 0) is 14.8 Å². The number of aryl methyl sites for hydroxylation is 2. The van der Waals surface area contributed by atoms with E-state index in [2.05, 4.69) is 0 Å². The van der Waals surface area contributed by atoms with E-state index in [4.69, 9.17) is 0 Å².